The zero-order chi connectivity index (χ0) is 19.3. The monoisotopic (exact) mass is 405 g/mol. The summed E-state index contributed by atoms with van der Waals surface area (Å²) in [6, 6.07) is 13.6. The van der Waals surface area contributed by atoms with Gasteiger partial charge in [0.2, 0.25) is 0 Å². The Bertz CT molecular complexity index is 875. The number of hydrogen-bond donors (Lipinski definition) is 3. The summed E-state index contributed by atoms with van der Waals surface area (Å²) in [5.74, 6) is 0. The van der Waals surface area contributed by atoms with Crippen LogP contribution in [0.2, 0.25) is 0 Å². The molecule has 0 aromatic heterocycles. The minimum absolute atomic E-state index is 0.211. The minimum atomic E-state index is -3.61. The molecule has 6 nitrogen and oxygen atoms in total. The van der Waals surface area contributed by atoms with Gasteiger partial charge in [-0.3, -0.25) is 4.72 Å². The van der Waals surface area contributed by atoms with E-state index >= 15 is 0 Å². The fourth-order valence-electron chi connectivity index (χ4n) is 2.74. The molecular formula is C19H23N3O3S2. The Hall–Kier alpha value is -2.16. The van der Waals surface area contributed by atoms with Crippen LogP contribution in [0.5, 0.6) is 0 Å². The van der Waals surface area contributed by atoms with E-state index < -0.39 is 10.0 Å². The van der Waals surface area contributed by atoms with E-state index in [2.05, 4.69) is 15.4 Å². The molecule has 2 aromatic rings. The van der Waals surface area contributed by atoms with Crippen molar-refractivity contribution in [3.8, 4) is 0 Å². The van der Waals surface area contributed by atoms with Crippen molar-refractivity contribution < 1.29 is 13.2 Å². The molecule has 2 aromatic carbocycles. The van der Waals surface area contributed by atoms with Crippen molar-refractivity contribution in [2.24, 2.45) is 0 Å². The van der Waals surface area contributed by atoms with Crippen LogP contribution in [-0.4, -0.2) is 32.8 Å². The van der Waals surface area contributed by atoms with E-state index in [9.17, 15) is 8.42 Å². The summed E-state index contributed by atoms with van der Waals surface area (Å²) < 4.78 is 33.0. The number of rotatable bonds is 6. The SMILES string of the molecule is Cc1ccc(S(=O)(=O)Nc2ccc(NC(=S)NC[C@H]3CCCO3)cc2)cc1. The number of anilines is 2. The number of nitrogens with one attached hydrogen (secondary N) is 3. The third-order valence-electron chi connectivity index (χ3n) is 4.24. The quantitative estimate of drug-likeness (QED) is 0.640. The van der Waals surface area contributed by atoms with Crippen LogP contribution in [0.15, 0.2) is 53.4 Å². The number of thiocarbonyl (C=S) groups is 1. The summed E-state index contributed by atoms with van der Waals surface area (Å²) >= 11 is 5.28. The van der Waals surface area contributed by atoms with Gasteiger partial charge in [0.1, 0.15) is 0 Å². The van der Waals surface area contributed by atoms with Crippen LogP contribution in [0, 0.1) is 6.92 Å². The number of ether oxygens (including phenoxy) is 1. The Balaban J connectivity index is 1.54. The van der Waals surface area contributed by atoms with Crippen molar-refractivity contribution in [1.82, 2.24) is 5.32 Å². The third kappa shape index (κ3) is 5.66. The van der Waals surface area contributed by atoms with Crippen LogP contribution in [0.25, 0.3) is 0 Å². The standard InChI is InChI=1S/C19H23N3O3S2/c1-14-4-10-18(11-5-14)27(23,24)22-16-8-6-15(7-9-16)21-19(26)20-13-17-3-2-12-25-17/h4-11,17,22H,2-3,12-13H2,1H3,(H2,20,21,26)/t17-/m1/s1. The van der Waals surface area contributed by atoms with Crippen LogP contribution < -0.4 is 15.4 Å². The first kappa shape index (κ1) is 19.6. The Morgan fingerprint density at radius 1 is 1.11 bits per heavy atom. The lowest BCUT2D eigenvalue weighted by Gasteiger charge is -2.14. The van der Waals surface area contributed by atoms with Gasteiger partial charge < -0.3 is 15.4 Å². The van der Waals surface area contributed by atoms with Crippen LogP contribution in [0.3, 0.4) is 0 Å². The highest BCUT2D eigenvalue weighted by atomic mass is 32.2. The highest BCUT2D eigenvalue weighted by molar-refractivity contribution is 7.92. The molecule has 0 unspecified atom stereocenters. The average Bonchev–Trinajstić information content (AvgIpc) is 3.15. The van der Waals surface area contributed by atoms with Gasteiger partial charge in [-0.05, 0) is 68.4 Å². The summed E-state index contributed by atoms with van der Waals surface area (Å²) in [6.07, 6.45) is 2.35. The van der Waals surface area contributed by atoms with Gasteiger partial charge in [-0.15, -0.1) is 0 Å². The summed E-state index contributed by atoms with van der Waals surface area (Å²) in [7, 11) is -3.61. The molecule has 1 saturated heterocycles. The van der Waals surface area contributed by atoms with Crippen molar-refractivity contribution in [3.63, 3.8) is 0 Å². The van der Waals surface area contributed by atoms with E-state index in [4.69, 9.17) is 17.0 Å². The van der Waals surface area contributed by atoms with Gasteiger partial charge in [-0.2, -0.15) is 0 Å². The molecule has 8 heteroatoms. The molecule has 1 heterocycles. The fourth-order valence-corrected chi connectivity index (χ4v) is 4.00. The maximum atomic E-state index is 12.4. The van der Waals surface area contributed by atoms with E-state index in [1.165, 1.54) is 0 Å². The van der Waals surface area contributed by atoms with Crippen molar-refractivity contribution in [3.05, 3.63) is 54.1 Å². The highest BCUT2D eigenvalue weighted by Crippen LogP contribution is 2.19. The molecule has 1 aliphatic heterocycles. The molecule has 0 radical (unpaired) electrons. The zero-order valence-corrected chi connectivity index (χ0v) is 16.7. The first-order valence-electron chi connectivity index (χ1n) is 8.78. The molecule has 144 valence electrons. The molecule has 3 N–H and O–H groups in total. The van der Waals surface area contributed by atoms with Gasteiger partial charge in [0.25, 0.3) is 10.0 Å². The summed E-state index contributed by atoms with van der Waals surface area (Å²) in [6.45, 7) is 3.41. The van der Waals surface area contributed by atoms with E-state index in [1.54, 1.807) is 48.5 Å². The van der Waals surface area contributed by atoms with E-state index in [1.807, 2.05) is 6.92 Å². The number of aryl methyl sites for hydroxylation is 1. The highest BCUT2D eigenvalue weighted by Gasteiger charge is 2.16. The van der Waals surface area contributed by atoms with Crippen LogP contribution in [0.1, 0.15) is 18.4 Å². The maximum Gasteiger partial charge on any atom is 0.261 e. The predicted octanol–water partition coefficient (Wildman–Crippen LogP) is 3.26. The van der Waals surface area contributed by atoms with Gasteiger partial charge in [0.15, 0.2) is 5.11 Å². The smallest absolute Gasteiger partial charge is 0.261 e. The van der Waals surface area contributed by atoms with Crippen molar-refractivity contribution in [2.45, 2.75) is 30.8 Å². The van der Waals surface area contributed by atoms with Crippen molar-refractivity contribution >= 4 is 38.7 Å². The van der Waals surface area contributed by atoms with Gasteiger partial charge in [0, 0.05) is 24.5 Å². The van der Waals surface area contributed by atoms with Crippen molar-refractivity contribution in [1.29, 1.82) is 0 Å². The molecule has 0 spiro atoms. The average molecular weight is 406 g/mol. The normalized spacial score (nSPS) is 16.7. The second-order valence-corrected chi connectivity index (χ2v) is 8.56. The number of benzene rings is 2. The van der Waals surface area contributed by atoms with Gasteiger partial charge >= 0.3 is 0 Å². The minimum Gasteiger partial charge on any atom is -0.376 e. The Labute approximate surface area is 165 Å². The second kappa shape index (κ2) is 8.69. The Kier molecular flexibility index (Phi) is 6.30. The molecule has 1 atom stereocenters. The molecule has 0 amide bonds. The fraction of sp³-hybridized carbons (Fsp3) is 0.316. The zero-order valence-electron chi connectivity index (χ0n) is 15.1. The van der Waals surface area contributed by atoms with Crippen molar-refractivity contribution in [2.75, 3.05) is 23.2 Å². The summed E-state index contributed by atoms with van der Waals surface area (Å²) in [5.41, 5.74) is 2.27. The van der Waals surface area contributed by atoms with Crippen LogP contribution in [-0.2, 0) is 14.8 Å². The molecule has 1 aliphatic rings. The van der Waals surface area contributed by atoms with Crippen LogP contribution in [0.4, 0.5) is 11.4 Å². The first-order valence-corrected chi connectivity index (χ1v) is 10.7. The Morgan fingerprint density at radius 3 is 2.41 bits per heavy atom. The molecule has 1 fully saturated rings. The number of sulfonamides is 1. The van der Waals surface area contributed by atoms with Gasteiger partial charge in [-0.1, -0.05) is 17.7 Å². The molecule has 0 saturated carbocycles. The van der Waals surface area contributed by atoms with E-state index in [-0.39, 0.29) is 11.0 Å². The predicted molar refractivity (Wildman–Crippen MR) is 112 cm³/mol. The molecular weight excluding hydrogens is 382 g/mol. The third-order valence-corrected chi connectivity index (χ3v) is 5.88. The largest absolute Gasteiger partial charge is 0.376 e. The topological polar surface area (TPSA) is 79.5 Å². The molecule has 27 heavy (non-hydrogen) atoms. The lowest BCUT2D eigenvalue weighted by Crippen LogP contribution is -2.34. The molecule has 0 aliphatic carbocycles. The van der Waals surface area contributed by atoms with Crippen LogP contribution >= 0.6 is 12.2 Å². The molecule has 3 rings (SSSR count). The van der Waals surface area contributed by atoms with E-state index in [0.29, 0.717) is 17.3 Å². The number of hydrogen-bond acceptors (Lipinski definition) is 4. The molecule has 0 bridgehead atoms. The maximum absolute atomic E-state index is 12.4. The van der Waals surface area contributed by atoms with Gasteiger partial charge in [-0.25, -0.2) is 8.42 Å². The Morgan fingerprint density at radius 2 is 1.78 bits per heavy atom. The van der Waals surface area contributed by atoms with Gasteiger partial charge in [0.05, 0.1) is 11.0 Å². The second-order valence-electron chi connectivity index (χ2n) is 6.47. The lowest BCUT2D eigenvalue weighted by atomic mass is 10.2. The lowest BCUT2D eigenvalue weighted by molar-refractivity contribution is 0.114. The summed E-state index contributed by atoms with van der Waals surface area (Å²) in [4.78, 5) is 0.231. The van der Waals surface area contributed by atoms with E-state index in [0.717, 1.165) is 30.7 Å². The first-order chi connectivity index (χ1) is 12.9. The summed E-state index contributed by atoms with van der Waals surface area (Å²) in [5, 5.41) is 6.73.